The molecule has 3 rings (SSSR count). The molecule has 1 unspecified atom stereocenters. The number of nitrogens with two attached hydrogens (primary N) is 1. The van der Waals surface area contributed by atoms with Crippen molar-refractivity contribution in [1.82, 2.24) is 4.98 Å². The lowest BCUT2D eigenvalue weighted by atomic mass is 9.97. The summed E-state index contributed by atoms with van der Waals surface area (Å²) in [4.78, 5) is 15.6. The lowest BCUT2D eigenvalue weighted by Gasteiger charge is -2.20. The normalized spacial score (nSPS) is 17.2. The summed E-state index contributed by atoms with van der Waals surface area (Å²) in [5, 5.41) is 0.955. The third-order valence-electron chi connectivity index (χ3n) is 3.24. The van der Waals surface area contributed by atoms with Crippen LogP contribution in [0.5, 0.6) is 0 Å². The Morgan fingerprint density at radius 2 is 2.21 bits per heavy atom. The number of carbonyl (C=O) groups excluding carboxylic acids is 1. The van der Waals surface area contributed by atoms with Gasteiger partial charge in [-0.2, -0.15) is 0 Å². The lowest BCUT2D eigenvalue weighted by Crippen LogP contribution is -2.21. The molecule has 2 aromatic rings. The summed E-state index contributed by atoms with van der Waals surface area (Å²) in [5.41, 5.74) is 9.60. The van der Waals surface area contributed by atoms with Crippen LogP contribution in [-0.4, -0.2) is 17.1 Å². The first kappa shape index (κ1) is 11.7. The number of hydrogen-bond donors (Lipinski definition) is 1. The first-order chi connectivity index (χ1) is 9.15. The highest BCUT2D eigenvalue weighted by Gasteiger charge is 2.20. The van der Waals surface area contributed by atoms with Crippen molar-refractivity contribution in [1.29, 1.82) is 0 Å². The van der Waals surface area contributed by atoms with E-state index in [0.29, 0.717) is 6.42 Å². The number of para-hydroxylation sites is 1. The van der Waals surface area contributed by atoms with E-state index in [0.717, 1.165) is 27.8 Å². The Morgan fingerprint density at radius 1 is 1.42 bits per heavy atom. The van der Waals surface area contributed by atoms with E-state index in [2.05, 4.69) is 4.98 Å². The minimum atomic E-state index is -0.285. The summed E-state index contributed by atoms with van der Waals surface area (Å²) < 4.78 is 5.19. The fourth-order valence-electron chi connectivity index (χ4n) is 2.40. The van der Waals surface area contributed by atoms with Crippen LogP contribution >= 0.6 is 0 Å². The van der Waals surface area contributed by atoms with Gasteiger partial charge in [-0.1, -0.05) is 24.3 Å². The zero-order valence-corrected chi connectivity index (χ0v) is 10.6. The molecule has 0 spiro atoms. The number of nitrogen functional groups attached to an aromatic ring is 1. The number of nitrogens with zero attached hydrogens (tertiary/aromatic N) is 1. The Balaban J connectivity index is 2.08. The Morgan fingerprint density at radius 3 is 3.00 bits per heavy atom. The molecule has 19 heavy (non-hydrogen) atoms. The van der Waals surface area contributed by atoms with Crippen LogP contribution in [0.2, 0.25) is 0 Å². The molecular formula is C15H14N2O2. The second-order valence-corrected chi connectivity index (χ2v) is 4.61. The third-order valence-corrected chi connectivity index (χ3v) is 3.24. The molecular weight excluding hydrogens is 240 g/mol. The minimum Gasteiger partial charge on any atom is -0.458 e. The van der Waals surface area contributed by atoms with Crippen LogP contribution in [-0.2, 0) is 16.0 Å². The average Bonchev–Trinajstić information content (AvgIpc) is 2.38. The van der Waals surface area contributed by atoms with Gasteiger partial charge in [-0.05, 0) is 12.1 Å². The van der Waals surface area contributed by atoms with E-state index in [1.807, 2.05) is 36.4 Å². The number of benzene rings is 1. The van der Waals surface area contributed by atoms with Gasteiger partial charge < -0.3 is 10.5 Å². The quantitative estimate of drug-likeness (QED) is 0.793. The number of ether oxygens (including phenoxy) is 1. The Labute approximate surface area is 110 Å². The van der Waals surface area contributed by atoms with Crippen LogP contribution < -0.4 is 5.73 Å². The monoisotopic (exact) mass is 254 g/mol. The number of hydrogen-bond acceptors (Lipinski definition) is 4. The minimum absolute atomic E-state index is 0.252. The van der Waals surface area contributed by atoms with Crippen LogP contribution in [0, 0.1) is 0 Å². The number of esters is 1. The topological polar surface area (TPSA) is 65.2 Å². The van der Waals surface area contributed by atoms with Crippen molar-refractivity contribution in [2.75, 3.05) is 5.73 Å². The van der Waals surface area contributed by atoms with Gasteiger partial charge in [0, 0.05) is 24.3 Å². The highest BCUT2D eigenvalue weighted by molar-refractivity contribution is 5.95. The second-order valence-electron chi connectivity index (χ2n) is 4.61. The van der Waals surface area contributed by atoms with Crippen molar-refractivity contribution in [2.45, 2.75) is 19.4 Å². The van der Waals surface area contributed by atoms with Crippen molar-refractivity contribution in [3.05, 3.63) is 41.6 Å². The number of fused-ring (bicyclic) bond motifs is 2. The zero-order valence-electron chi connectivity index (χ0n) is 10.6. The molecule has 0 amide bonds. The van der Waals surface area contributed by atoms with Crippen molar-refractivity contribution in [3.63, 3.8) is 0 Å². The number of anilines is 1. The highest BCUT2D eigenvalue weighted by Crippen LogP contribution is 2.30. The van der Waals surface area contributed by atoms with Crippen LogP contribution in [0.1, 0.15) is 18.2 Å². The van der Waals surface area contributed by atoms with E-state index in [1.54, 1.807) is 0 Å². The fourth-order valence-corrected chi connectivity index (χ4v) is 2.40. The van der Waals surface area contributed by atoms with E-state index >= 15 is 0 Å². The lowest BCUT2D eigenvalue weighted by molar-refractivity contribution is -0.144. The standard InChI is InChI=1S/C15H14N2O2/c1-9(18)19-10-6-7-12-14(8-10)17-13-5-3-2-4-11(13)15(12)16/h2-7,10H,8H2,1H3,(H2,16,17). The summed E-state index contributed by atoms with van der Waals surface area (Å²) in [6.07, 6.45) is 4.07. The van der Waals surface area contributed by atoms with Crippen LogP contribution in [0.25, 0.3) is 17.0 Å². The molecule has 0 fully saturated rings. The van der Waals surface area contributed by atoms with Gasteiger partial charge in [0.1, 0.15) is 6.10 Å². The van der Waals surface area contributed by atoms with Crippen molar-refractivity contribution in [2.24, 2.45) is 0 Å². The number of carbonyl (C=O) groups is 1. The van der Waals surface area contributed by atoms with E-state index in [4.69, 9.17) is 10.5 Å². The highest BCUT2D eigenvalue weighted by atomic mass is 16.5. The van der Waals surface area contributed by atoms with E-state index < -0.39 is 0 Å². The van der Waals surface area contributed by atoms with Gasteiger partial charge in [0.05, 0.1) is 16.9 Å². The van der Waals surface area contributed by atoms with E-state index in [1.165, 1.54) is 6.92 Å². The largest absolute Gasteiger partial charge is 0.458 e. The molecule has 0 aliphatic heterocycles. The predicted octanol–water partition coefficient (Wildman–Crippen LogP) is 2.32. The van der Waals surface area contributed by atoms with Gasteiger partial charge in [0.2, 0.25) is 0 Å². The van der Waals surface area contributed by atoms with E-state index in [-0.39, 0.29) is 12.1 Å². The number of pyridine rings is 1. The van der Waals surface area contributed by atoms with Gasteiger partial charge in [0.25, 0.3) is 0 Å². The smallest absolute Gasteiger partial charge is 0.303 e. The summed E-state index contributed by atoms with van der Waals surface area (Å²) in [6, 6.07) is 7.78. The third kappa shape index (κ3) is 2.05. The van der Waals surface area contributed by atoms with Gasteiger partial charge in [-0.25, -0.2) is 0 Å². The zero-order chi connectivity index (χ0) is 13.4. The number of rotatable bonds is 1. The van der Waals surface area contributed by atoms with Crippen molar-refractivity contribution < 1.29 is 9.53 Å². The Kier molecular flexibility index (Phi) is 2.71. The van der Waals surface area contributed by atoms with Crippen molar-refractivity contribution >= 4 is 28.6 Å². The molecule has 1 aromatic heterocycles. The second kappa shape index (κ2) is 4.39. The molecule has 0 saturated heterocycles. The van der Waals surface area contributed by atoms with E-state index in [9.17, 15) is 4.79 Å². The molecule has 1 aromatic carbocycles. The molecule has 4 heteroatoms. The first-order valence-corrected chi connectivity index (χ1v) is 6.17. The van der Waals surface area contributed by atoms with Gasteiger partial charge in [0.15, 0.2) is 0 Å². The number of aromatic nitrogens is 1. The van der Waals surface area contributed by atoms with Gasteiger partial charge >= 0.3 is 5.97 Å². The summed E-state index contributed by atoms with van der Waals surface area (Å²) in [5.74, 6) is -0.285. The molecule has 0 saturated carbocycles. The van der Waals surface area contributed by atoms with Gasteiger partial charge in [-0.3, -0.25) is 9.78 Å². The van der Waals surface area contributed by atoms with Crippen LogP contribution in [0.15, 0.2) is 30.3 Å². The Hall–Kier alpha value is -2.36. The molecule has 1 atom stereocenters. The van der Waals surface area contributed by atoms with Crippen molar-refractivity contribution in [3.8, 4) is 0 Å². The Bertz CT molecular complexity index is 692. The van der Waals surface area contributed by atoms with Crippen LogP contribution in [0.3, 0.4) is 0 Å². The summed E-state index contributed by atoms with van der Waals surface area (Å²) in [7, 11) is 0. The SMILES string of the molecule is CC(=O)OC1C=Cc2c(nc3ccccc3c2N)C1. The summed E-state index contributed by atoms with van der Waals surface area (Å²) in [6.45, 7) is 1.41. The molecule has 1 aliphatic carbocycles. The summed E-state index contributed by atoms with van der Waals surface area (Å²) >= 11 is 0. The molecule has 4 nitrogen and oxygen atoms in total. The molecule has 1 aliphatic rings. The average molecular weight is 254 g/mol. The molecule has 2 N–H and O–H groups in total. The molecule has 1 heterocycles. The fraction of sp³-hybridized carbons (Fsp3) is 0.200. The van der Waals surface area contributed by atoms with Crippen LogP contribution in [0.4, 0.5) is 5.69 Å². The maximum Gasteiger partial charge on any atom is 0.303 e. The van der Waals surface area contributed by atoms with Gasteiger partial charge in [-0.15, -0.1) is 0 Å². The molecule has 0 bridgehead atoms. The molecule has 0 radical (unpaired) electrons. The maximum absolute atomic E-state index is 11.0. The predicted molar refractivity (Wildman–Crippen MR) is 74.4 cm³/mol. The maximum atomic E-state index is 11.0. The first-order valence-electron chi connectivity index (χ1n) is 6.17. The molecule has 96 valence electrons.